The first kappa shape index (κ1) is 17.8. The molecule has 6 heteroatoms. The van der Waals surface area contributed by atoms with Gasteiger partial charge in [0.2, 0.25) is 5.91 Å². The highest BCUT2D eigenvalue weighted by Crippen LogP contribution is 2.22. The van der Waals surface area contributed by atoms with Gasteiger partial charge in [0, 0.05) is 36.2 Å². The van der Waals surface area contributed by atoms with E-state index in [4.69, 9.17) is 10.5 Å². The SMILES string of the molecule is CC(N)Cc1cn(CC(=O)N2CCOCC2)c2ccccc12.Cl. The summed E-state index contributed by atoms with van der Waals surface area (Å²) in [6.07, 6.45) is 2.89. The van der Waals surface area contributed by atoms with Crippen LogP contribution in [0.15, 0.2) is 30.5 Å². The van der Waals surface area contributed by atoms with Crippen LogP contribution < -0.4 is 5.73 Å². The fraction of sp³-hybridized carbons (Fsp3) is 0.471. The van der Waals surface area contributed by atoms with E-state index in [-0.39, 0.29) is 24.4 Å². The number of aromatic nitrogens is 1. The number of benzene rings is 1. The number of nitrogens with two attached hydrogens (primary N) is 1. The van der Waals surface area contributed by atoms with Crippen molar-refractivity contribution in [2.24, 2.45) is 5.73 Å². The first-order chi connectivity index (χ1) is 10.6. The highest BCUT2D eigenvalue weighted by Gasteiger charge is 2.18. The number of ether oxygens (including phenoxy) is 1. The van der Waals surface area contributed by atoms with E-state index in [9.17, 15) is 4.79 Å². The summed E-state index contributed by atoms with van der Waals surface area (Å²) < 4.78 is 7.35. The third kappa shape index (κ3) is 4.05. The Balaban J connectivity index is 0.00000192. The molecule has 1 aliphatic heterocycles. The average Bonchev–Trinajstić information content (AvgIpc) is 2.86. The summed E-state index contributed by atoms with van der Waals surface area (Å²) in [4.78, 5) is 14.3. The van der Waals surface area contributed by atoms with Crippen molar-refractivity contribution in [3.63, 3.8) is 0 Å². The summed E-state index contributed by atoms with van der Waals surface area (Å²) in [6.45, 7) is 5.02. The first-order valence-electron chi connectivity index (χ1n) is 7.83. The third-order valence-corrected chi connectivity index (χ3v) is 4.08. The van der Waals surface area contributed by atoms with Crippen LogP contribution in [0.25, 0.3) is 10.9 Å². The van der Waals surface area contributed by atoms with Crippen LogP contribution in [-0.2, 0) is 22.5 Å². The Hall–Kier alpha value is -1.56. The van der Waals surface area contributed by atoms with E-state index >= 15 is 0 Å². The fourth-order valence-corrected chi connectivity index (χ4v) is 3.02. The lowest BCUT2D eigenvalue weighted by molar-refractivity contribution is -0.135. The van der Waals surface area contributed by atoms with Gasteiger partial charge in [0.05, 0.1) is 13.2 Å². The number of morpholine rings is 1. The number of halogens is 1. The number of rotatable bonds is 4. The maximum absolute atomic E-state index is 12.5. The molecule has 1 unspecified atom stereocenters. The van der Waals surface area contributed by atoms with Crippen molar-refractivity contribution < 1.29 is 9.53 Å². The second-order valence-electron chi connectivity index (χ2n) is 5.97. The lowest BCUT2D eigenvalue weighted by Crippen LogP contribution is -2.42. The fourth-order valence-electron chi connectivity index (χ4n) is 3.02. The lowest BCUT2D eigenvalue weighted by atomic mass is 10.1. The molecule has 1 aromatic heterocycles. The predicted molar refractivity (Wildman–Crippen MR) is 93.9 cm³/mol. The van der Waals surface area contributed by atoms with Gasteiger partial charge in [-0.1, -0.05) is 18.2 Å². The maximum atomic E-state index is 12.5. The van der Waals surface area contributed by atoms with E-state index in [2.05, 4.69) is 18.3 Å². The molecule has 1 aromatic carbocycles. The van der Waals surface area contributed by atoms with Crippen LogP contribution in [0.4, 0.5) is 0 Å². The second kappa shape index (κ2) is 7.81. The lowest BCUT2D eigenvalue weighted by Gasteiger charge is -2.27. The van der Waals surface area contributed by atoms with Gasteiger partial charge in [-0.25, -0.2) is 0 Å². The molecule has 1 saturated heterocycles. The Labute approximate surface area is 142 Å². The van der Waals surface area contributed by atoms with Crippen LogP contribution >= 0.6 is 12.4 Å². The minimum atomic E-state index is 0. The molecule has 2 heterocycles. The number of carbonyl (C=O) groups is 1. The first-order valence-corrected chi connectivity index (χ1v) is 7.83. The highest BCUT2D eigenvalue weighted by molar-refractivity contribution is 5.86. The molecule has 1 aliphatic rings. The Morgan fingerprint density at radius 2 is 2.00 bits per heavy atom. The molecule has 126 valence electrons. The van der Waals surface area contributed by atoms with Gasteiger partial charge in [0.15, 0.2) is 0 Å². The number of carbonyl (C=O) groups excluding carboxylic acids is 1. The van der Waals surface area contributed by atoms with E-state index in [0.717, 1.165) is 11.9 Å². The average molecular weight is 338 g/mol. The van der Waals surface area contributed by atoms with Gasteiger partial charge in [-0.15, -0.1) is 12.4 Å². The van der Waals surface area contributed by atoms with Gasteiger partial charge in [-0.3, -0.25) is 4.79 Å². The molecule has 2 N–H and O–H groups in total. The van der Waals surface area contributed by atoms with Gasteiger partial charge in [-0.2, -0.15) is 0 Å². The van der Waals surface area contributed by atoms with E-state index in [1.807, 2.05) is 28.5 Å². The number of nitrogens with zero attached hydrogens (tertiary/aromatic N) is 2. The third-order valence-electron chi connectivity index (χ3n) is 4.08. The molecular weight excluding hydrogens is 314 g/mol. The van der Waals surface area contributed by atoms with E-state index in [0.29, 0.717) is 32.8 Å². The normalized spacial score (nSPS) is 16.2. The Morgan fingerprint density at radius 1 is 1.30 bits per heavy atom. The molecule has 0 bridgehead atoms. The molecule has 0 saturated carbocycles. The molecule has 3 rings (SSSR count). The van der Waals surface area contributed by atoms with Crippen LogP contribution in [0, 0.1) is 0 Å². The zero-order chi connectivity index (χ0) is 15.5. The summed E-state index contributed by atoms with van der Waals surface area (Å²) in [7, 11) is 0. The number of fused-ring (bicyclic) bond motifs is 1. The van der Waals surface area contributed by atoms with Gasteiger partial charge in [0.25, 0.3) is 0 Å². The molecule has 1 fully saturated rings. The zero-order valence-corrected chi connectivity index (χ0v) is 14.2. The van der Waals surface area contributed by atoms with Crippen LogP contribution in [-0.4, -0.2) is 47.7 Å². The molecule has 1 amide bonds. The maximum Gasteiger partial charge on any atom is 0.242 e. The molecule has 0 radical (unpaired) electrons. The minimum Gasteiger partial charge on any atom is -0.378 e. The van der Waals surface area contributed by atoms with E-state index < -0.39 is 0 Å². The number of para-hydroxylation sites is 1. The molecule has 5 nitrogen and oxygen atoms in total. The molecule has 1 atom stereocenters. The molecule has 23 heavy (non-hydrogen) atoms. The summed E-state index contributed by atoms with van der Waals surface area (Å²) in [5.74, 6) is 0.149. The van der Waals surface area contributed by atoms with Crippen LogP contribution in [0.3, 0.4) is 0 Å². The monoisotopic (exact) mass is 337 g/mol. The largest absolute Gasteiger partial charge is 0.378 e. The van der Waals surface area contributed by atoms with Gasteiger partial charge in [-0.05, 0) is 25.0 Å². The topological polar surface area (TPSA) is 60.5 Å². The zero-order valence-electron chi connectivity index (χ0n) is 13.4. The summed E-state index contributed by atoms with van der Waals surface area (Å²) in [6, 6.07) is 8.30. The van der Waals surface area contributed by atoms with Gasteiger partial charge in [0.1, 0.15) is 6.54 Å². The van der Waals surface area contributed by atoms with E-state index in [1.54, 1.807) is 0 Å². The van der Waals surface area contributed by atoms with Crippen molar-refractivity contribution in [1.29, 1.82) is 0 Å². The summed E-state index contributed by atoms with van der Waals surface area (Å²) >= 11 is 0. The number of hydrogen-bond donors (Lipinski definition) is 1. The van der Waals surface area contributed by atoms with Crippen molar-refractivity contribution in [3.8, 4) is 0 Å². The second-order valence-corrected chi connectivity index (χ2v) is 5.97. The van der Waals surface area contributed by atoms with Crippen molar-refractivity contribution in [2.45, 2.75) is 25.9 Å². The van der Waals surface area contributed by atoms with Crippen molar-refractivity contribution >= 4 is 29.2 Å². The Morgan fingerprint density at radius 3 is 2.70 bits per heavy atom. The quantitative estimate of drug-likeness (QED) is 0.925. The van der Waals surface area contributed by atoms with Crippen LogP contribution in [0.5, 0.6) is 0 Å². The molecule has 2 aromatic rings. The van der Waals surface area contributed by atoms with Crippen LogP contribution in [0.2, 0.25) is 0 Å². The highest BCUT2D eigenvalue weighted by atomic mass is 35.5. The minimum absolute atomic E-state index is 0. The molecule has 0 spiro atoms. The summed E-state index contributed by atoms with van der Waals surface area (Å²) in [5.41, 5.74) is 8.25. The van der Waals surface area contributed by atoms with Gasteiger partial charge < -0.3 is 19.9 Å². The number of amides is 1. The standard InChI is InChI=1S/C17H23N3O2.ClH/c1-13(18)10-14-11-20(16-5-3-2-4-15(14)16)12-17(21)19-6-8-22-9-7-19;/h2-5,11,13H,6-10,12,18H2,1H3;1H. The van der Waals surface area contributed by atoms with Crippen molar-refractivity contribution in [3.05, 3.63) is 36.0 Å². The predicted octanol–water partition coefficient (Wildman–Crippen LogP) is 1.81. The van der Waals surface area contributed by atoms with Crippen molar-refractivity contribution in [1.82, 2.24) is 9.47 Å². The smallest absolute Gasteiger partial charge is 0.242 e. The van der Waals surface area contributed by atoms with E-state index in [1.165, 1.54) is 10.9 Å². The molecule has 0 aliphatic carbocycles. The molecular formula is C17H24ClN3O2. The van der Waals surface area contributed by atoms with Gasteiger partial charge >= 0.3 is 0 Å². The summed E-state index contributed by atoms with van der Waals surface area (Å²) in [5, 5.41) is 1.19. The number of hydrogen-bond acceptors (Lipinski definition) is 3. The Kier molecular flexibility index (Phi) is 6.04. The van der Waals surface area contributed by atoms with Crippen LogP contribution in [0.1, 0.15) is 12.5 Å². The van der Waals surface area contributed by atoms with Crippen molar-refractivity contribution in [2.75, 3.05) is 26.3 Å². The Bertz CT molecular complexity index is 663.